The van der Waals surface area contributed by atoms with Crippen molar-refractivity contribution in [2.45, 2.75) is 6.92 Å². The molecule has 0 unspecified atom stereocenters. The number of carbonyl (C=O) groups is 2. The minimum Gasteiger partial charge on any atom is -0.268 e. The molecular formula is C17H11ClFNO2. The van der Waals surface area contributed by atoms with Gasteiger partial charge in [0.15, 0.2) is 0 Å². The number of amides is 2. The van der Waals surface area contributed by atoms with Crippen molar-refractivity contribution < 1.29 is 14.0 Å². The molecule has 2 aromatic carbocycles. The van der Waals surface area contributed by atoms with Crippen LogP contribution < -0.4 is 4.90 Å². The molecule has 22 heavy (non-hydrogen) atoms. The number of halogens is 2. The molecule has 0 aromatic heterocycles. The Morgan fingerprint density at radius 1 is 0.955 bits per heavy atom. The van der Waals surface area contributed by atoms with Gasteiger partial charge in [-0.1, -0.05) is 41.9 Å². The number of aryl methyl sites for hydroxylation is 1. The third kappa shape index (κ3) is 2.22. The quantitative estimate of drug-likeness (QED) is 0.793. The van der Waals surface area contributed by atoms with Crippen molar-refractivity contribution in [1.82, 2.24) is 0 Å². The SMILES string of the molecule is Cc1ccccc1N1C(=O)C(Cl)=C(c2ccc(F)cc2)C1=O. The minimum atomic E-state index is -0.569. The van der Waals surface area contributed by atoms with Gasteiger partial charge in [0.25, 0.3) is 11.8 Å². The van der Waals surface area contributed by atoms with Crippen LogP contribution in [0.3, 0.4) is 0 Å². The lowest BCUT2D eigenvalue weighted by atomic mass is 10.1. The fourth-order valence-corrected chi connectivity index (χ4v) is 2.68. The zero-order chi connectivity index (χ0) is 15.9. The number of benzene rings is 2. The van der Waals surface area contributed by atoms with Gasteiger partial charge in [0, 0.05) is 0 Å². The predicted octanol–water partition coefficient (Wildman–Crippen LogP) is 3.66. The molecule has 1 aliphatic heterocycles. The largest absolute Gasteiger partial charge is 0.277 e. The highest BCUT2D eigenvalue weighted by Crippen LogP contribution is 2.35. The topological polar surface area (TPSA) is 37.4 Å². The smallest absolute Gasteiger partial charge is 0.268 e. The number of imide groups is 1. The molecule has 0 radical (unpaired) electrons. The highest BCUT2D eigenvalue weighted by Gasteiger charge is 2.39. The summed E-state index contributed by atoms with van der Waals surface area (Å²) < 4.78 is 13.0. The first kappa shape index (κ1) is 14.5. The van der Waals surface area contributed by atoms with Crippen molar-refractivity contribution in [3.63, 3.8) is 0 Å². The molecule has 3 rings (SSSR count). The van der Waals surface area contributed by atoms with Crippen LogP contribution in [0, 0.1) is 12.7 Å². The summed E-state index contributed by atoms with van der Waals surface area (Å²) in [6.07, 6.45) is 0. The molecule has 0 saturated carbocycles. The molecule has 0 aliphatic carbocycles. The minimum absolute atomic E-state index is 0.0925. The summed E-state index contributed by atoms with van der Waals surface area (Å²) in [5.41, 5.74) is 1.79. The van der Waals surface area contributed by atoms with Crippen molar-refractivity contribution in [3.05, 3.63) is 70.5 Å². The number of para-hydroxylation sites is 1. The van der Waals surface area contributed by atoms with Gasteiger partial charge in [-0.3, -0.25) is 9.59 Å². The highest BCUT2D eigenvalue weighted by molar-refractivity contribution is 6.60. The van der Waals surface area contributed by atoms with E-state index in [9.17, 15) is 14.0 Å². The number of rotatable bonds is 2. The Balaban J connectivity index is 2.08. The second kappa shape index (κ2) is 5.39. The lowest BCUT2D eigenvalue weighted by molar-refractivity contribution is -0.119. The first-order valence-corrected chi connectivity index (χ1v) is 6.98. The summed E-state index contributed by atoms with van der Waals surface area (Å²) in [5, 5.41) is -0.153. The number of hydrogen-bond donors (Lipinski definition) is 0. The molecule has 1 aliphatic rings. The second-order valence-electron chi connectivity index (χ2n) is 4.93. The van der Waals surface area contributed by atoms with Crippen LogP contribution in [0.1, 0.15) is 11.1 Å². The van der Waals surface area contributed by atoms with Crippen LogP contribution >= 0.6 is 11.6 Å². The Hall–Kier alpha value is -2.46. The van der Waals surface area contributed by atoms with Crippen LogP contribution in [0.4, 0.5) is 10.1 Å². The second-order valence-corrected chi connectivity index (χ2v) is 5.31. The number of hydrogen-bond acceptors (Lipinski definition) is 2. The number of anilines is 1. The van der Waals surface area contributed by atoms with E-state index in [1.165, 1.54) is 24.3 Å². The average molecular weight is 316 g/mol. The molecule has 3 nitrogen and oxygen atoms in total. The molecule has 0 saturated heterocycles. The molecular weight excluding hydrogens is 305 g/mol. The fraction of sp³-hybridized carbons (Fsp3) is 0.0588. The van der Waals surface area contributed by atoms with E-state index in [4.69, 9.17) is 11.6 Å². The van der Waals surface area contributed by atoms with Gasteiger partial charge >= 0.3 is 0 Å². The van der Waals surface area contributed by atoms with Crippen LogP contribution in [0.25, 0.3) is 5.57 Å². The summed E-state index contributed by atoms with van der Waals surface area (Å²) in [6.45, 7) is 1.81. The van der Waals surface area contributed by atoms with Crippen molar-refractivity contribution in [2.24, 2.45) is 0 Å². The van der Waals surface area contributed by atoms with Gasteiger partial charge in [-0.25, -0.2) is 9.29 Å². The molecule has 5 heteroatoms. The highest BCUT2D eigenvalue weighted by atomic mass is 35.5. The van der Waals surface area contributed by atoms with E-state index in [-0.39, 0.29) is 10.6 Å². The predicted molar refractivity (Wildman–Crippen MR) is 82.8 cm³/mol. The van der Waals surface area contributed by atoms with E-state index in [0.29, 0.717) is 11.3 Å². The molecule has 0 fully saturated rings. The van der Waals surface area contributed by atoms with E-state index in [2.05, 4.69) is 0 Å². The zero-order valence-electron chi connectivity index (χ0n) is 11.6. The van der Waals surface area contributed by atoms with Gasteiger partial charge in [0.05, 0.1) is 11.3 Å². The number of carbonyl (C=O) groups excluding carboxylic acids is 2. The third-order valence-corrected chi connectivity index (χ3v) is 3.87. The van der Waals surface area contributed by atoms with Crippen molar-refractivity contribution in [2.75, 3.05) is 4.90 Å². The summed E-state index contributed by atoms with van der Waals surface area (Å²) in [4.78, 5) is 26.0. The maximum Gasteiger partial charge on any atom is 0.277 e. The van der Waals surface area contributed by atoms with Gasteiger partial charge in [-0.15, -0.1) is 0 Å². The van der Waals surface area contributed by atoms with E-state index in [0.717, 1.165) is 10.5 Å². The molecule has 2 aromatic rings. The normalized spacial score (nSPS) is 15.0. The van der Waals surface area contributed by atoms with E-state index < -0.39 is 17.6 Å². The molecule has 110 valence electrons. The van der Waals surface area contributed by atoms with Crippen LogP contribution in [0.5, 0.6) is 0 Å². The van der Waals surface area contributed by atoms with Crippen LogP contribution in [-0.4, -0.2) is 11.8 Å². The van der Waals surface area contributed by atoms with E-state index in [1.807, 2.05) is 6.07 Å². The van der Waals surface area contributed by atoms with Crippen molar-refractivity contribution >= 4 is 34.7 Å². The van der Waals surface area contributed by atoms with E-state index >= 15 is 0 Å². The van der Waals surface area contributed by atoms with Gasteiger partial charge in [0.1, 0.15) is 10.8 Å². The maximum atomic E-state index is 13.0. The maximum absolute atomic E-state index is 13.0. The Morgan fingerprint density at radius 2 is 1.59 bits per heavy atom. The van der Waals surface area contributed by atoms with Crippen LogP contribution in [0.2, 0.25) is 0 Å². The lowest BCUT2D eigenvalue weighted by Crippen LogP contribution is -2.31. The van der Waals surface area contributed by atoms with Gasteiger partial charge in [-0.05, 0) is 36.2 Å². The Bertz CT molecular complexity index is 812. The summed E-state index contributed by atoms with van der Waals surface area (Å²) >= 11 is 6.07. The van der Waals surface area contributed by atoms with Crippen molar-refractivity contribution in [3.8, 4) is 0 Å². The van der Waals surface area contributed by atoms with Gasteiger partial charge in [0.2, 0.25) is 0 Å². The van der Waals surface area contributed by atoms with Crippen LogP contribution in [0.15, 0.2) is 53.6 Å². The summed E-state index contributed by atoms with van der Waals surface area (Å²) in [5.74, 6) is -1.50. The summed E-state index contributed by atoms with van der Waals surface area (Å²) in [7, 11) is 0. The average Bonchev–Trinajstić information content (AvgIpc) is 2.72. The molecule has 0 atom stereocenters. The third-order valence-electron chi connectivity index (χ3n) is 3.52. The first-order chi connectivity index (χ1) is 10.5. The van der Waals surface area contributed by atoms with Gasteiger partial charge in [-0.2, -0.15) is 0 Å². The molecule has 1 heterocycles. The monoisotopic (exact) mass is 315 g/mol. The Labute approximate surface area is 131 Å². The Kier molecular flexibility index (Phi) is 3.54. The summed E-state index contributed by atoms with van der Waals surface area (Å²) in [6, 6.07) is 12.4. The zero-order valence-corrected chi connectivity index (χ0v) is 12.4. The van der Waals surface area contributed by atoms with Crippen molar-refractivity contribution in [1.29, 1.82) is 0 Å². The molecule has 0 spiro atoms. The van der Waals surface area contributed by atoms with Crippen LogP contribution in [-0.2, 0) is 9.59 Å². The molecule has 2 amide bonds. The number of nitrogens with zero attached hydrogens (tertiary/aromatic N) is 1. The fourth-order valence-electron chi connectivity index (χ4n) is 2.40. The molecule has 0 bridgehead atoms. The van der Waals surface area contributed by atoms with E-state index in [1.54, 1.807) is 25.1 Å². The van der Waals surface area contributed by atoms with Gasteiger partial charge < -0.3 is 0 Å². The lowest BCUT2D eigenvalue weighted by Gasteiger charge is -2.17. The first-order valence-electron chi connectivity index (χ1n) is 6.61. The standard InChI is InChI=1S/C17H11ClFNO2/c1-10-4-2-3-5-13(10)20-16(21)14(15(18)17(20)22)11-6-8-12(19)9-7-11/h2-9H,1H3. The molecule has 0 N–H and O–H groups in total. The Morgan fingerprint density at radius 3 is 2.23 bits per heavy atom.